The van der Waals surface area contributed by atoms with E-state index in [1.165, 1.54) is 37.7 Å². The average molecular weight is 354 g/mol. The van der Waals surface area contributed by atoms with Crippen molar-refractivity contribution in [3.05, 3.63) is 22.2 Å². The summed E-state index contributed by atoms with van der Waals surface area (Å²) in [6.07, 6.45) is 6.65. The van der Waals surface area contributed by atoms with Crippen LogP contribution >= 0.6 is 15.9 Å². The Kier molecular flexibility index (Phi) is 5.98. The van der Waals surface area contributed by atoms with Gasteiger partial charge >= 0.3 is 0 Å². The Morgan fingerprint density at radius 2 is 2.10 bits per heavy atom. The highest BCUT2D eigenvalue weighted by Crippen LogP contribution is 2.36. The molecule has 0 heterocycles. The zero-order valence-corrected chi connectivity index (χ0v) is 15.3. The second kappa shape index (κ2) is 7.53. The summed E-state index contributed by atoms with van der Waals surface area (Å²) in [6.45, 7) is 6.81. The van der Waals surface area contributed by atoms with Crippen LogP contribution in [0.2, 0.25) is 0 Å². The minimum atomic E-state index is 0.580. The monoisotopic (exact) mass is 353 g/mol. The second-order valence-electron chi connectivity index (χ2n) is 6.80. The summed E-state index contributed by atoms with van der Waals surface area (Å²) >= 11 is 3.54. The van der Waals surface area contributed by atoms with Gasteiger partial charge in [-0.25, -0.2) is 0 Å². The van der Waals surface area contributed by atoms with Crippen LogP contribution in [0.3, 0.4) is 0 Å². The highest BCUT2D eigenvalue weighted by atomic mass is 79.9. The van der Waals surface area contributed by atoms with Crippen LogP contribution < -0.4 is 10.1 Å². The molecule has 0 aliphatic heterocycles. The maximum absolute atomic E-state index is 5.55. The molecule has 2 nitrogen and oxygen atoms in total. The maximum Gasteiger partial charge on any atom is 0.143 e. The third kappa shape index (κ3) is 4.64. The van der Waals surface area contributed by atoms with Gasteiger partial charge in [0.05, 0.1) is 12.8 Å². The fraction of sp³-hybridized carbons (Fsp3) is 0.667. The van der Waals surface area contributed by atoms with E-state index in [9.17, 15) is 0 Å². The number of methoxy groups -OCH3 is 1. The highest BCUT2D eigenvalue weighted by molar-refractivity contribution is 9.10. The first-order valence-electron chi connectivity index (χ1n) is 8.10. The van der Waals surface area contributed by atoms with Gasteiger partial charge in [0, 0.05) is 10.5 Å². The summed E-state index contributed by atoms with van der Waals surface area (Å²) in [6, 6.07) is 4.78. The minimum absolute atomic E-state index is 0.580. The highest BCUT2D eigenvalue weighted by Gasteiger charge is 2.23. The van der Waals surface area contributed by atoms with Crippen LogP contribution in [0.5, 0.6) is 5.75 Å². The molecule has 1 aromatic rings. The lowest BCUT2D eigenvalue weighted by Gasteiger charge is -2.32. The standard InChI is InChI=1S/C18H28BrNO/c1-12(2)8-14-6-5-7-16(10-14)20-18-13(3)9-15(19)11-17(18)21-4/h9,11-12,14,16,20H,5-8,10H2,1-4H3. The third-order valence-corrected chi connectivity index (χ3v) is 4.88. The molecule has 2 atom stereocenters. The fourth-order valence-corrected chi connectivity index (χ4v) is 4.12. The zero-order chi connectivity index (χ0) is 15.4. The van der Waals surface area contributed by atoms with Crippen molar-refractivity contribution in [3.8, 4) is 5.75 Å². The minimum Gasteiger partial charge on any atom is -0.495 e. The largest absolute Gasteiger partial charge is 0.495 e. The molecule has 1 aliphatic carbocycles. The molecule has 118 valence electrons. The summed E-state index contributed by atoms with van der Waals surface area (Å²) < 4.78 is 6.62. The molecular weight excluding hydrogens is 326 g/mol. The van der Waals surface area contributed by atoms with Crippen LogP contribution in [0, 0.1) is 18.8 Å². The summed E-state index contributed by atoms with van der Waals surface area (Å²) in [7, 11) is 1.74. The van der Waals surface area contributed by atoms with E-state index in [2.05, 4.69) is 48.1 Å². The van der Waals surface area contributed by atoms with Gasteiger partial charge in [0.1, 0.15) is 5.75 Å². The molecule has 0 saturated heterocycles. The lowest BCUT2D eigenvalue weighted by molar-refractivity contribution is 0.288. The van der Waals surface area contributed by atoms with Crippen LogP contribution in [0.4, 0.5) is 5.69 Å². The Hall–Kier alpha value is -0.700. The molecule has 3 heteroatoms. The van der Waals surface area contributed by atoms with Gasteiger partial charge in [0.2, 0.25) is 0 Å². The normalized spacial score (nSPS) is 22.4. The van der Waals surface area contributed by atoms with Crippen molar-refractivity contribution in [1.29, 1.82) is 0 Å². The van der Waals surface area contributed by atoms with Gasteiger partial charge in [-0.3, -0.25) is 0 Å². The molecular formula is C18H28BrNO. The number of aryl methyl sites for hydroxylation is 1. The predicted octanol–water partition coefficient (Wildman–Crippen LogP) is 5.78. The van der Waals surface area contributed by atoms with Crippen molar-refractivity contribution < 1.29 is 4.74 Å². The number of halogens is 1. The van der Waals surface area contributed by atoms with Crippen molar-refractivity contribution in [3.63, 3.8) is 0 Å². The first-order valence-corrected chi connectivity index (χ1v) is 8.89. The number of rotatable bonds is 5. The van der Waals surface area contributed by atoms with Gasteiger partial charge in [0.15, 0.2) is 0 Å². The molecule has 1 fully saturated rings. The zero-order valence-electron chi connectivity index (χ0n) is 13.7. The number of hydrogen-bond acceptors (Lipinski definition) is 2. The van der Waals surface area contributed by atoms with E-state index in [0.29, 0.717) is 6.04 Å². The lowest BCUT2D eigenvalue weighted by Crippen LogP contribution is -2.28. The van der Waals surface area contributed by atoms with Crippen LogP contribution in [0.15, 0.2) is 16.6 Å². The molecule has 1 saturated carbocycles. The molecule has 0 amide bonds. The van der Waals surface area contributed by atoms with Gasteiger partial charge in [0.25, 0.3) is 0 Å². The number of ether oxygens (including phenoxy) is 1. The quantitative estimate of drug-likeness (QED) is 0.723. The van der Waals surface area contributed by atoms with E-state index in [1.807, 2.05) is 6.07 Å². The molecule has 21 heavy (non-hydrogen) atoms. The second-order valence-corrected chi connectivity index (χ2v) is 7.72. The summed E-state index contributed by atoms with van der Waals surface area (Å²) in [5, 5.41) is 3.75. The first kappa shape index (κ1) is 16.7. The summed E-state index contributed by atoms with van der Waals surface area (Å²) in [5.74, 6) is 2.61. The molecule has 0 spiro atoms. The van der Waals surface area contributed by atoms with Gasteiger partial charge < -0.3 is 10.1 Å². The fourth-order valence-electron chi connectivity index (χ4n) is 3.57. The number of anilines is 1. The van der Waals surface area contributed by atoms with Crippen molar-refractivity contribution in [1.82, 2.24) is 0 Å². The van der Waals surface area contributed by atoms with Crippen LogP contribution in [0.25, 0.3) is 0 Å². The van der Waals surface area contributed by atoms with Crippen molar-refractivity contribution in [2.45, 2.75) is 58.9 Å². The Morgan fingerprint density at radius 1 is 1.33 bits per heavy atom. The van der Waals surface area contributed by atoms with Gasteiger partial charge in [-0.05, 0) is 55.7 Å². The Labute approximate surface area is 137 Å². The van der Waals surface area contributed by atoms with Gasteiger partial charge in [-0.1, -0.05) is 42.6 Å². The van der Waals surface area contributed by atoms with E-state index in [4.69, 9.17) is 4.74 Å². The molecule has 0 aromatic heterocycles. The molecule has 1 N–H and O–H groups in total. The molecule has 1 aromatic carbocycles. The molecule has 0 radical (unpaired) electrons. The molecule has 2 rings (SSSR count). The van der Waals surface area contributed by atoms with Crippen LogP contribution in [-0.4, -0.2) is 13.2 Å². The lowest BCUT2D eigenvalue weighted by atomic mass is 9.81. The maximum atomic E-state index is 5.55. The Bertz CT molecular complexity index is 473. The van der Waals surface area contributed by atoms with E-state index in [0.717, 1.165) is 27.7 Å². The average Bonchev–Trinajstić information content (AvgIpc) is 2.41. The van der Waals surface area contributed by atoms with E-state index >= 15 is 0 Å². The number of nitrogens with one attached hydrogen (secondary N) is 1. The van der Waals surface area contributed by atoms with E-state index < -0.39 is 0 Å². The molecule has 2 unspecified atom stereocenters. The third-order valence-electron chi connectivity index (χ3n) is 4.42. The van der Waals surface area contributed by atoms with Gasteiger partial charge in [-0.2, -0.15) is 0 Å². The SMILES string of the molecule is COc1cc(Br)cc(C)c1NC1CCCC(CC(C)C)C1. The Balaban J connectivity index is 2.07. The van der Waals surface area contributed by atoms with E-state index in [1.54, 1.807) is 7.11 Å². The first-order chi connectivity index (χ1) is 9.99. The van der Waals surface area contributed by atoms with Crippen LogP contribution in [-0.2, 0) is 0 Å². The van der Waals surface area contributed by atoms with Gasteiger partial charge in [-0.15, -0.1) is 0 Å². The van der Waals surface area contributed by atoms with E-state index in [-0.39, 0.29) is 0 Å². The topological polar surface area (TPSA) is 21.3 Å². The molecule has 1 aliphatic rings. The smallest absolute Gasteiger partial charge is 0.143 e. The summed E-state index contributed by atoms with van der Waals surface area (Å²) in [5.41, 5.74) is 2.41. The Morgan fingerprint density at radius 3 is 2.76 bits per heavy atom. The van der Waals surface area contributed by atoms with Crippen molar-refractivity contribution in [2.24, 2.45) is 11.8 Å². The summed E-state index contributed by atoms with van der Waals surface area (Å²) in [4.78, 5) is 0. The molecule has 0 bridgehead atoms. The van der Waals surface area contributed by atoms with Crippen molar-refractivity contribution >= 4 is 21.6 Å². The van der Waals surface area contributed by atoms with Crippen LogP contribution in [0.1, 0.15) is 51.5 Å². The van der Waals surface area contributed by atoms with Crippen molar-refractivity contribution in [2.75, 3.05) is 12.4 Å². The number of hydrogen-bond donors (Lipinski definition) is 1. The number of benzene rings is 1. The predicted molar refractivity (Wildman–Crippen MR) is 94.3 cm³/mol.